The third-order valence-electron chi connectivity index (χ3n) is 8.23. The molecule has 39 heavy (non-hydrogen) atoms. The maximum absolute atomic E-state index is 13.3. The van der Waals surface area contributed by atoms with Crippen molar-refractivity contribution in [2.45, 2.75) is 70.9 Å². The first-order chi connectivity index (χ1) is 18.8. The number of fused-ring (bicyclic) bond motifs is 1. The Morgan fingerprint density at radius 3 is 2.59 bits per heavy atom. The van der Waals surface area contributed by atoms with E-state index in [1.807, 2.05) is 19.9 Å². The molecule has 3 N–H and O–H groups in total. The Bertz CT molecular complexity index is 1210. The summed E-state index contributed by atoms with van der Waals surface area (Å²) in [6.45, 7) is 6.45. The second kappa shape index (κ2) is 11.4. The van der Waals surface area contributed by atoms with Crippen LogP contribution in [0, 0.1) is 5.41 Å². The van der Waals surface area contributed by atoms with Crippen molar-refractivity contribution in [3.8, 4) is 5.75 Å². The lowest BCUT2D eigenvalue weighted by atomic mass is 9.88. The molecule has 1 aromatic carbocycles. The summed E-state index contributed by atoms with van der Waals surface area (Å²) < 4.78 is 5.63. The van der Waals surface area contributed by atoms with Crippen molar-refractivity contribution >= 4 is 35.0 Å². The number of anilines is 4. The maximum Gasteiger partial charge on any atom is 0.251 e. The summed E-state index contributed by atoms with van der Waals surface area (Å²) in [6, 6.07) is 5.87. The van der Waals surface area contributed by atoms with Crippen molar-refractivity contribution in [3.63, 3.8) is 0 Å². The normalized spacial score (nSPS) is 20.3. The fraction of sp³-hybridized carbons (Fsp3) is 0.586. The van der Waals surface area contributed by atoms with E-state index < -0.39 is 5.41 Å². The number of nitrogens with one attached hydrogen (secondary N) is 3. The highest BCUT2D eigenvalue weighted by atomic mass is 16.5. The molecule has 1 aromatic heterocycles. The zero-order valence-electron chi connectivity index (χ0n) is 23.5. The molecular formula is C29H41N7O3. The van der Waals surface area contributed by atoms with Crippen LogP contribution >= 0.6 is 0 Å². The molecule has 2 amide bonds. The van der Waals surface area contributed by atoms with Crippen molar-refractivity contribution in [2.75, 3.05) is 48.9 Å². The lowest BCUT2D eigenvalue weighted by Gasteiger charge is -2.38. The van der Waals surface area contributed by atoms with Crippen molar-refractivity contribution in [3.05, 3.63) is 30.0 Å². The van der Waals surface area contributed by atoms with Gasteiger partial charge in [-0.05, 0) is 70.8 Å². The zero-order valence-corrected chi connectivity index (χ0v) is 23.5. The number of carbonyl (C=O) groups is 2. The topological polar surface area (TPSA) is 112 Å². The van der Waals surface area contributed by atoms with Gasteiger partial charge in [-0.2, -0.15) is 4.98 Å². The molecule has 10 nitrogen and oxygen atoms in total. The monoisotopic (exact) mass is 535 g/mol. The van der Waals surface area contributed by atoms with E-state index >= 15 is 0 Å². The molecule has 0 unspecified atom stereocenters. The van der Waals surface area contributed by atoms with Crippen LogP contribution < -0.4 is 30.5 Å². The number of benzene rings is 1. The summed E-state index contributed by atoms with van der Waals surface area (Å²) in [6.07, 6.45) is 9.39. The van der Waals surface area contributed by atoms with Gasteiger partial charge in [0.25, 0.3) is 5.91 Å². The predicted octanol–water partition coefficient (Wildman–Crippen LogP) is 3.85. The molecule has 1 saturated heterocycles. The molecule has 3 heterocycles. The summed E-state index contributed by atoms with van der Waals surface area (Å²) in [5.41, 5.74) is 1.38. The van der Waals surface area contributed by atoms with E-state index in [0.717, 1.165) is 50.3 Å². The van der Waals surface area contributed by atoms with E-state index in [1.54, 1.807) is 37.4 Å². The molecule has 5 rings (SSSR count). The quantitative estimate of drug-likeness (QED) is 0.512. The van der Waals surface area contributed by atoms with Gasteiger partial charge in [0, 0.05) is 31.2 Å². The number of rotatable bonds is 6. The smallest absolute Gasteiger partial charge is 0.251 e. The van der Waals surface area contributed by atoms with E-state index in [2.05, 4.69) is 25.8 Å². The van der Waals surface area contributed by atoms with E-state index in [-0.39, 0.29) is 17.9 Å². The molecule has 1 aliphatic carbocycles. The largest absolute Gasteiger partial charge is 0.495 e. The Balaban J connectivity index is 1.41. The van der Waals surface area contributed by atoms with Gasteiger partial charge >= 0.3 is 0 Å². The highest BCUT2D eigenvalue weighted by Crippen LogP contribution is 2.40. The minimum Gasteiger partial charge on any atom is -0.495 e. The minimum absolute atomic E-state index is 0.0615. The minimum atomic E-state index is -0.547. The molecule has 2 aromatic rings. The molecule has 0 radical (unpaired) electrons. The zero-order chi connectivity index (χ0) is 27.6. The standard InChI is InChI=1S/C29H41N7O3/c1-29(2)18-36(21-8-6-5-7-9-21)25-23(35(3)27(29)38)17-31-28(34-25)33-22-11-10-19(16-24(22)39-4)26(37)32-20-12-14-30-15-13-20/h10-11,16-17,20-21,30H,5-9,12-15,18H2,1-4H3,(H,32,37)(H,31,33,34). The summed E-state index contributed by atoms with van der Waals surface area (Å²) in [4.78, 5) is 39.7. The number of methoxy groups -OCH3 is 1. The molecule has 2 aliphatic heterocycles. The Morgan fingerprint density at radius 1 is 1.13 bits per heavy atom. The Hall–Kier alpha value is -3.40. The van der Waals surface area contributed by atoms with Crippen LogP contribution in [0.1, 0.15) is 69.2 Å². The number of aromatic nitrogens is 2. The van der Waals surface area contributed by atoms with Gasteiger partial charge in [-0.25, -0.2) is 4.98 Å². The summed E-state index contributed by atoms with van der Waals surface area (Å²) >= 11 is 0. The Morgan fingerprint density at radius 2 is 1.87 bits per heavy atom. The predicted molar refractivity (Wildman–Crippen MR) is 153 cm³/mol. The third kappa shape index (κ3) is 5.80. The number of carbonyl (C=O) groups excluding carboxylic acids is 2. The molecule has 0 atom stereocenters. The van der Waals surface area contributed by atoms with E-state index in [9.17, 15) is 9.59 Å². The molecule has 210 valence electrons. The van der Waals surface area contributed by atoms with Crippen LogP contribution in [-0.4, -0.2) is 67.7 Å². The first-order valence-corrected chi connectivity index (χ1v) is 14.2. The van der Waals surface area contributed by atoms with Gasteiger partial charge in [-0.15, -0.1) is 0 Å². The summed E-state index contributed by atoms with van der Waals surface area (Å²) in [5, 5.41) is 9.74. The maximum atomic E-state index is 13.3. The van der Waals surface area contributed by atoms with Crippen molar-refractivity contribution in [1.82, 2.24) is 20.6 Å². The van der Waals surface area contributed by atoms with E-state index in [0.29, 0.717) is 35.5 Å². The molecule has 0 bridgehead atoms. The average Bonchev–Trinajstić information content (AvgIpc) is 3.03. The average molecular weight is 536 g/mol. The first kappa shape index (κ1) is 27.2. The van der Waals surface area contributed by atoms with Gasteiger partial charge in [0.2, 0.25) is 11.9 Å². The number of hydrogen-bond acceptors (Lipinski definition) is 8. The number of hydrogen-bond donors (Lipinski definition) is 3. The van der Waals surface area contributed by atoms with Crippen LogP contribution in [0.25, 0.3) is 0 Å². The van der Waals surface area contributed by atoms with E-state index in [1.165, 1.54) is 19.3 Å². The van der Waals surface area contributed by atoms with Gasteiger partial charge < -0.3 is 30.5 Å². The third-order valence-corrected chi connectivity index (χ3v) is 8.23. The highest BCUT2D eigenvalue weighted by molar-refractivity contribution is 6.01. The fourth-order valence-electron chi connectivity index (χ4n) is 5.99. The van der Waals surface area contributed by atoms with Gasteiger partial charge in [-0.3, -0.25) is 9.59 Å². The summed E-state index contributed by atoms with van der Waals surface area (Å²) in [7, 11) is 3.39. The van der Waals surface area contributed by atoms with Gasteiger partial charge in [0.1, 0.15) is 11.4 Å². The summed E-state index contributed by atoms with van der Waals surface area (Å²) in [5.74, 6) is 1.68. The van der Waals surface area contributed by atoms with Gasteiger partial charge in [-0.1, -0.05) is 19.3 Å². The van der Waals surface area contributed by atoms with Crippen LogP contribution in [-0.2, 0) is 4.79 Å². The number of nitrogens with zero attached hydrogens (tertiary/aromatic N) is 4. The number of ether oxygens (including phenoxy) is 1. The van der Waals surface area contributed by atoms with Crippen molar-refractivity contribution < 1.29 is 14.3 Å². The second-order valence-electron chi connectivity index (χ2n) is 11.6. The van der Waals surface area contributed by atoms with Crippen LogP contribution in [0.2, 0.25) is 0 Å². The van der Waals surface area contributed by atoms with Crippen LogP contribution in [0.5, 0.6) is 5.75 Å². The fourth-order valence-corrected chi connectivity index (χ4v) is 5.99. The van der Waals surface area contributed by atoms with Gasteiger partial charge in [0.15, 0.2) is 5.82 Å². The number of amides is 2. The second-order valence-corrected chi connectivity index (χ2v) is 11.6. The molecule has 2 fully saturated rings. The molecule has 1 saturated carbocycles. The lowest BCUT2D eigenvalue weighted by Crippen LogP contribution is -2.46. The van der Waals surface area contributed by atoms with Gasteiger partial charge in [0.05, 0.1) is 24.4 Å². The van der Waals surface area contributed by atoms with Crippen LogP contribution in [0.15, 0.2) is 24.4 Å². The number of piperidine rings is 1. The molecule has 0 spiro atoms. The first-order valence-electron chi connectivity index (χ1n) is 14.2. The highest BCUT2D eigenvalue weighted by Gasteiger charge is 2.41. The van der Waals surface area contributed by atoms with Crippen molar-refractivity contribution in [2.24, 2.45) is 5.41 Å². The van der Waals surface area contributed by atoms with Crippen molar-refractivity contribution in [1.29, 1.82) is 0 Å². The lowest BCUT2D eigenvalue weighted by molar-refractivity contribution is -0.125. The van der Waals surface area contributed by atoms with Crippen LogP contribution in [0.4, 0.5) is 23.1 Å². The Kier molecular flexibility index (Phi) is 7.93. The van der Waals surface area contributed by atoms with Crippen LogP contribution in [0.3, 0.4) is 0 Å². The van der Waals surface area contributed by atoms with E-state index in [4.69, 9.17) is 9.72 Å². The molecule has 3 aliphatic rings. The molecular weight excluding hydrogens is 494 g/mol. The molecule has 10 heteroatoms. The Labute approximate surface area is 230 Å². The SMILES string of the molecule is COc1cc(C(=O)NC2CCNCC2)ccc1Nc1ncc2c(n1)N(C1CCCCC1)CC(C)(C)C(=O)N2C.